The normalized spacial score (nSPS) is 27.0. The van der Waals surface area contributed by atoms with Gasteiger partial charge in [0, 0.05) is 49.2 Å². The van der Waals surface area contributed by atoms with E-state index in [1.54, 1.807) is 11.3 Å². The second-order valence-corrected chi connectivity index (χ2v) is 8.89. The predicted octanol–water partition coefficient (Wildman–Crippen LogP) is 3.92. The molecule has 2 unspecified atom stereocenters. The van der Waals surface area contributed by atoms with Gasteiger partial charge in [-0.1, -0.05) is 37.3 Å². The zero-order valence-electron chi connectivity index (χ0n) is 15.2. The summed E-state index contributed by atoms with van der Waals surface area (Å²) in [4.78, 5) is 11.1. The highest BCUT2D eigenvalue weighted by molar-refractivity contribution is 7.09. The Hall–Kier alpha value is -1.23. The van der Waals surface area contributed by atoms with E-state index in [0.29, 0.717) is 5.41 Å². The van der Waals surface area contributed by atoms with Crippen molar-refractivity contribution in [2.45, 2.75) is 32.7 Å². The van der Waals surface area contributed by atoms with E-state index in [4.69, 9.17) is 0 Å². The number of hydrogen-bond acceptors (Lipinski definition) is 4. The van der Waals surface area contributed by atoms with E-state index in [9.17, 15) is 0 Å². The molecule has 0 amide bonds. The highest BCUT2D eigenvalue weighted by Gasteiger charge is 2.51. The van der Waals surface area contributed by atoms with Gasteiger partial charge < -0.3 is 4.90 Å². The van der Waals surface area contributed by atoms with Crippen molar-refractivity contribution in [1.82, 2.24) is 14.8 Å². The van der Waals surface area contributed by atoms with Crippen molar-refractivity contribution in [2.75, 3.05) is 32.7 Å². The minimum Gasteiger partial charge on any atom is -0.302 e. The number of likely N-dealkylation sites (tertiary alicyclic amines) is 2. The fraction of sp³-hybridized carbons (Fsp3) is 0.571. The molecule has 25 heavy (non-hydrogen) atoms. The molecule has 0 spiro atoms. The summed E-state index contributed by atoms with van der Waals surface area (Å²) in [6, 6.07) is 11.0. The second-order valence-electron chi connectivity index (χ2n) is 7.92. The van der Waals surface area contributed by atoms with Gasteiger partial charge in [0.2, 0.25) is 0 Å². The number of thiazole rings is 1. The van der Waals surface area contributed by atoms with Crippen LogP contribution >= 0.6 is 11.3 Å². The Morgan fingerprint density at radius 1 is 1.16 bits per heavy atom. The maximum absolute atomic E-state index is 4.25. The molecule has 2 aliphatic rings. The fourth-order valence-corrected chi connectivity index (χ4v) is 5.58. The number of benzene rings is 1. The first-order chi connectivity index (χ1) is 12.3. The van der Waals surface area contributed by atoms with E-state index in [1.165, 1.54) is 62.4 Å². The molecule has 0 bridgehead atoms. The third kappa shape index (κ3) is 3.81. The summed E-state index contributed by atoms with van der Waals surface area (Å²) in [5.41, 5.74) is 3.93. The Morgan fingerprint density at radius 2 is 1.96 bits per heavy atom. The summed E-state index contributed by atoms with van der Waals surface area (Å²) in [6.07, 6.45) is 5.84. The molecule has 2 aromatic rings. The van der Waals surface area contributed by atoms with Crippen molar-refractivity contribution in [1.29, 1.82) is 0 Å². The first kappa shape index (κ1) is 17.2. The van der Waals surface area contributed by atoms with Gasteiger partial charge in [0.1, 0.15) is 0 Å². The lowest BCUT2D eigenvalue weighted by Gasteiger charge is -2.30. The maximum atomic E-state index is 4.25. The molecule has 1 aromatic heterocycles. The molecule has 2 saturated heterocycles. The van der Waals surface area contributed by atoms with Crippen LogP contribution in [-0.2, 0) is 13.0 Å². The van der Waals surface area contributed by atoms with E-state index in [0.717, 1.165) is 12.5 Å². The van der Waals surface area contributed by atoms with E-state index in [1.807, 2.05) is 11.7 Å². The summed E-state index contributed by atoms with van der Waals surface area (Å²) >= 11 is 1.79. The van der Waals surface area contributed by atoms with Crippen molar-refractivity contribution in [3.8, 4) is 0 Å². The van der Waals surface area contributed by atoms with Gasteiger partial charge in [0.25, 0.3) is 0 Å². The van der Waals surface area contributed by atoms with Crippen LogP contribution in [-0.4, -0.2) is 47.5 Å². The molecule has 2 fully saturated rings. The number of aryl methyl sites for hydroxylation is 1. The summed E-state index contributed by atoms with van der Waals surface area (Å²) in [6.45, 7) is 9.75. The minimum absolute atomic E-state index is 0.482. The van der Waals surface area contributed by atoms with E-state index in [2.05, 4.69) is 52.0 Å². The van der Waals surface area contributed by atoms with Crippen LogP contribution in [0, 0.1) is 11.3 Å². The van der Waals surface area contributed by atoms with Crippen molar-refractivity contribution < 1.29 is 0 Å². The Labute approximate surface area is 155 Å². The van der Waals surface area contributed by atoms with Gasteiger partial charge in [0.15, 0.2) is 0 Å². The zero-order chi connectivity index (χ0) is 17.1. The molecule has 134 valence electrons. The molecule has 3 heterocycles. The molecule has 4 rings (SSSR count). The number of rotatable bonds is 7. The third-order valence-electron chi connectivity index (χ3n) is 6.06. The highest BCUT2D eigenvalue weighted by Crippen LogP contribution is 2.46. The van der Waals surface area contributed by atoms with Gasteiger partial charge in [0.05, 0.1) is 5.51 Å². The molecule has 1 aromatic carbocycles. The van der Waals surface area contributed by atoms with E-state index >= 15 is 0 Å². The SMILES string of the molecule is CCCN1CC2CN(Cc3cncs3)CC2(CCc2ccccc2)C1. The topological polar surface area (TPSA) is 19.4 Å². The van der Waals surface area contributed by atoms with Gasteiger partial charge in [-0.05, 0) is 37.3 Å². The lowest BCUT2D eigenvalue weighted by atomic mass is 9.76. The van der Waals surface area contributed by atoms with Crippen molar-refractivity contribution >= 4 is 11.3 Å². The molecule has 0 saturated carbocycles. The Kier molecular flexibility index (Phi) is 5.20. The van der Waals surface area contributed by atoms with E-state index in [-0.39, 0.29) is 0 Å². The van der Waals surface area contributed by atoms with Crippen LogP contribution in [0.25, 0.3) is 0 Å². The number of hydrogen-bond donors (Lipinski definition) is 0. The Balaban J connectivity index is 1.45. The number of aromatic nitrogens is 1. The van der Waals surface area contributed by atoms with Crippen molar-refractivity contribution in [3.05, 3.63) is 52.5 Å². The molecule has 2 aliphatic heterocycles. The molecule has 0 N–H and O–H groups in total. The largest absolute Gasteiger partial charge is 0.302 e. The molecular formula is C21H29N3S. The average molecular weight is 356 g/mol. The minimum atomic E-state index is 0.482. The molecule has 3 nitrogen and oxygen atoms in total. The maximum Gasteiger partial charge on any atom is 0.0794 e. The van der Waals surface area contributed by atoms with Crippen LogP contribution in [0.1, 0.15) is 30.2 Å². The lowest BCUT2D eigenvalue weighted by molar-refractivity contribution is 0.199. The van der Waals surface area contributed by atoms with Crippen molar-refractivity contribution in [2.24, 2.45) is 11.3 Å². The first-order valence-corrected chi connectivity index (χ1v) is 10.5. The quantitative estimate of drug-likeness (QED) is 0.750. The van der Waals surface area contributed by atoms with Crippen LogP contribution in [0.3, 0.4) is 0 Å². The van der Waals surface area contributed by atoms with Crippen LogP contribution in [0.2, 0.25) is 0 Å². The van der Waals surface area contributed by atoms with Crippen molar-refractivity contribution in [3.63, 3.8) is 0 Å². The third-order valence-corrected chi connectivity index (χ3v) is 6.82. The van der Waals surface area contributed by atoms with Gasteiger partial charge in [-0.25, -0.2) is 0 Å². The van der Waals surface area contributed by atoms with E-state index < -0.39 is 0 Å². The smallest absolute Gasteiger partial charge is 0.0794 e. The molecule has 0 radical (unpaired) electrons. The Morgan fingerprint density at radius 3 is 2.72 bits per heavy atom. The summed E-state index contributed by atoms with van der Waals surface area (Å²) in [7, 11) is 0. The molecule has 2 atom stereocenters. The molecule has 0 aliphatic carbocycles. The van der Waals surface area contributed by atoms with Gasteiger partial charge in [-0.15, -0.1) is 11.3 Å². The lowest BCUT2D eigenvalue weighted by Crippen LogP contribution is -2.34. The van der Waals surface area contributed by atoms with Gasteiger partial charge in [-0.3, -0.25) is 9.88 Å². The van der Waals surface area contributed by atoms with Crippen LogP contribution in [0.4, 0.5) is 0 Å². The standard InChI is InChI=1S/C21H29N3S/c1-2-10-23-12-19-13-24(14-20-11-22-17-25-20)16-21(19,15-23)9-8-18-6-4-3-5-7-18/h3-7,11,17,19H,2,8-10,12-16H2,1H3. The monoisotopic (exact) mass is 355 g/mol. The summed E-state index contributed by atoms with van der Waals surface area (Å²) < 4.78 is 0. The molecular weight excluding hydrogens is 326 g/mol. The van der Waals surface area contributed by atoms with Crippen LogP contribution < -0.4 is 0 Å². The van der Waals surface area contributed by atoms with Gasteiger partial charge in [-0.2, -0.15) is 0 Å². The second kappa shape index (κ2) is 7.56. The highest BCUT2D eigenvalue weighted by atomic mass is 32.1. The fourth-order valence-electron chi connectivity index (χ4n) is 4.94. The predicted molar refractivity (Wildman–Crippen MR) is 105 cm³/mol. The van der Waals surface area contributed by atoms with Crippen LogP contribution in [0.15, 0.2) is 42.0 Å². The summed E-state index contributed by atoms with van der Waals surface area (Å²) in [5, 5.41) is 0. The zero-order valence-corrected chi connectivity index (χ0v) is 16.0. The summed E-state index contributed by atoms with van der Waals surface area (Å²) in [5.74, 6) is 0.829. The van der Waals surface area contributed by atoms with Crippen LogP contribution in [0.5, 0.6) is 0 Å². The van der Waals surface area contributed by atoms with Gasteiger partial charge >= 0.3 is 0 Å². The molecule has 4 heteroatoms. The number of fused-ring (bicyclic) bond motifs is 1. The number of nitrogens with zero attached hydrogens (tertiary/aromatic N) is 3. The average Bonchev–Trinajstić information content (AvgIpc) is 3.30. The Bertz CT molecular complexity index is 657. The first-order valence-electron chi connectivity index (χ1n) is 9.63.